The molecular formula is C21H25FN2O4. The van der Waals surface area contributed by atoms with Crippen LogP contribution < -0.4 is 5.32 Å². The van der Waals surface area contributed by atoms with Gasteiger partial charge in [0.15, 0.2) is 11.5 Å². The molecule has 0 saturated heterocycles. The zero-order chi connectivity index (χ0) is 21.4. The molecule has 0 spiro atoms. The molecule has 3 rings (SSSR count). The fourth-order valence-corrected chi connectivity index (χ4v) is 2.84. The maximum absolute atomic E-state index is 13.3. The monoisotopic (exact) mass is 388 g/mol. The van der Waals surface area contributed by atoms with E-state index in [1.807, 2.05) is 14.1 Å². The molecule has 2 aromatic carbocycles. The number of hydrogen-bond acceptors (Lipinski definition) is 5. The number of phenolic OH excluding ortho intramolecular Hbond substituents is 2. The largest absolute Gasteiger partial charge is 0.504 e. The van der Waals surface area contributed by atoms with Crippen LogP contribution >= 0.6 is 0 Å². The van der Waals surface area contributed by atoms with Crippen LogP contribution in [0.3, 0.4) is 0 Å². The number of fused-ring (bicyclic) bond motifs is 1. The lowest BCUT2D eigenvalue weighted by Gasteiger charge is -2.16. The van der Waals surface area contributed by atoms with Crippen LogP contribution in [0.5, 0.6) is 11.5 Å². The number of nitrogens with zero attached hydrogens (tertiary/aromatic N) is 1. The Labute approximate surface area is 164 Å². The van der Waals surface area contributed by atoms with E-state index in [4.69, 9.17) is 5.11 Å². The van der Waals surface area contributed by atoms with Crippen LogP contribution in [0.15, 0.2) is 24.3 Å². The second-order valence-corrected chi connectivity index (χ2v) is 6.29. The van der Waals surface area contributed by atoms with Gasteiger partial charge in [0.2, 0.25) is 0 Å². The third-order valence-corrected chi connectivity index (χ3v) is 4.06. The van der Waals surface area contributed by atoms with Crippen molar-refractivity contribution >= 4 is 5.91 Å². The molecule has 0 fully saturated rings. The number of aromatic hydroxyl groups is 2. The summed E-state index contributed by atoms with van der Waals surface area (Å²) >= 11 is 0. The van der Waals surface area contributed by atoms with E-state index < -0.39 is 0 Å². The predicted octanol–water partition coefficient (Wildman–Crippen LogP) is 2.79. The highest BCUT2D eigenvalue weighted by Crippen LogP contribution is 2.39. The number of aryl methyl sites for hydroxylation is 2. The Morgan fingerprint density at radius 3 is 2.32 bits per heavy atom. The topological polar surface area (TPSA) is 93.0 Å². The minimum absolute atomic E-state index is 0.163. The van der Waals surface area contributed by atoms with Crippen molar-refractivity contribution < 1.29 is 24.5 Å². The average molecular weight is 388 g/mol. The van der Waals surface area contributed by atoms with Gasteiger partial charge in [-0.15, -0.1) is 0 Å². The van der Waals surface area contributed by atoms with Gasteiger partial charge in [0.05, 0.1) is 5.56 Å². The van der Waals surface area contributed by atoms with E-state index in [1.165, 1.54) is 18.2 Å². The molecule has 0 radical (unpaired) electrons. The van der Waals surface area contributed by atoms with Crippen LogP contribution in [0.1, 0.15) is 32.6 Å². The Morgan fingerprint density at radius 2 is 1.79 bits per heavy atom. The number of hydrogen-bond donors (Lipinski definition) is 4. The van der Waals surface area contributed by atoms with Crippen LogP contribution in [0.25, 0.3) is 0 Å². The molecule has 7 heteroatoms. The SMILES string of the molecule is C#CO.CNC.Cc1cc(CN2Cc3c(C)cc(O)c(O)c3C2=O)ccc1F. The molecule has 0 saturated carbocycles. The fourth-order valence-electron chi connectivity index (χ4n) is 2.84. The average Bonchev–Trinajstić information content (AvgIpc) is 2.95. The number of nitrogens with one attached hydrogen (secondary N) is 1. The smallest absolute Gasteiger partial charge is 0.258 e. The van der Waals surface area contributed by atoms with Crippen molar-refractivity contribution in [2.45, 2.75) is 26.9 Å². The number of rotatable bonds is 2. The summed E-state index contributed by atoms with van der Waals surface area (Å²) in [5, 5.41) is 29.4. The molecule has 6 nitrogen and oxygen atoms in total. The second kappa shape index (κ2) is 10.2. The van der Waals surface area contributed by atoms with Gasteiger partial charge in [0, 0.05) is 13.1 Å². The van der Waals surface area contributed by atoms with Gasteiger partial charge < -0.3 is 25.5 Å². The lowest BCUT2D eigenvalue weighted by molar-refractivity contribution is 0.0764. The van der Waals surface area contributed by atoms with E-state index in [-0.39, 0.29) is 28.8 Å². The molecule has 150 valence electrons. The molecule has 0 aliphatic carbocycles. The van der Waals surface area contributed by atoms with Gasteiger partial charge in [0.25, 0.3) is 5.91 Å². The number of benzene rings is 2. The summed E-state index contributed by atoms with van der Waals surface area (Å²) < 4.78 is 13.3. The van der Waals surface area contributed by atoms with Crippen molar-refractivity contribution in [2.24, 2.45) is 0 Å². The van der Waals surface area contributed by atoms with Crippen LogP contribution in [0.4, 0.5) is 4.39 Å². The van der Waals surface area contributed by atoms with Crippen LogP contribution in [-0.2, 0) is 13.1 Å². The maximum atomic E-state index is 13.3. The highest BCUT2D eigenvalue weighted by atomic mass is 19.1. The van der Waals surface area contributed by atoms with E-state index >= 15 is 0 Å². The molecule has 0 bridgehead atoms. The molecule has 0 unspecified atom stereocenters. The van der Waals surface area contributed by atoms with E-state index in [9.17, 15) is 19.4 Å². The van der Waals surface area contributed by atoms with Crippen molar-refractivity contribution in [1.82, 2.24) is 10.2 Å². The number of amides is 1. The molecule has 1 aliphatic heterocycles. The summed E-state index contributed by atoms with van der Waals surface area (Å²) in [6, 6.07) is 6.18. The maximum Gasteiger partial charge on any atom is 0.258 e. The Bertz CT molecular complexity index is 891. The van der Waals surface area contributed by atoms with Crippen LogP contribution in [0.2, 0.25) is 0 Å². The van der Waals surface area contributed by atoms with Crippen LogP contribution in [-0.4, -0.2) is 40.2 Å². The summed E-state index contributed by atoms with van der Waals surface area (Å²) in [6.07, 6.45) is 5.40. The molecule has 1 heterocycles. The van der Waals surface area contributed by atoms with Gasteiger partial charge in [-0.3, -0.25) is 4.79 Å². The molecule has 4 N–H and O–H groups in total. The summed E-state index contributed by atoms with van der Waals surface area (Å²) in [7, 11) is 3.75. The summed E-state index contributed by atoms with van der Waals surface area (Å²) in [4.78, 5) is 14.0. The van der Waals surface area contributed by atoms with Gasteiger partial charge in [-0.05, 0) is 62.3 Å². The minimum atomic E-state index is -0.372. The lowest BCUT2D eigenvalue weighted by atomic mass is 10.0. The quantitative estimate of drug-likeness (QED) is 0.469. The molecule has 2 aromatic rings. The lowest BCUT2D eigenvalue weighted by Crippen LogP contribution is -2.23. The fraction of sp³-hybridized carbons (Fsp3) is 0.286. The highest BCUT2D eigenvalue weighted by molar-refractivity contribution is 6.02. The van der Waals surface area contributed by atoms with Crippen LogP contribution in [0, 0.1) is 32.2 Å². The Kier molecular flexibility index (Phi) is 8.29. The van der Waals surface area contributed by atoms with Crippen molar-refractivity contribution in [1.29, 1.82) is 0 Å². The number of phenols is 2. The first kappa shape index (κ1) is 22.8. The zero-order valence-electron chi connectivity index (χ0n) is 16.4. The summed E-state index contributed by atoms with van der Waals surface area (Å²) in [6.45, 7) is 4.16. The number of aliphatic hydroxyl groups is 1. The third kappa shape index (κ3) is 5.15. The summed E-state index contributed by atoms with van der Waals surface area (Å²) in [5.74, 6) is -1.26. The molecule has 0 aromatic heterocycles. The van der Waals surface area contributed by atoms with E-state index in [2.05, 4.69) is 11.7 Å². The van der Waals surface area contributed by atoms with Crippen molar-refractivity contribution in [3.63, 3.8) is 0 Å². The normalized spacial score (nSPS) is 11.6. The number of carbonyl (C=O) groups excluding carboxylic acids is 1. The van der Waals surface area contributed by atoms with Gasteiger partial charge in [-0.25, -0.2) is 4.39 Å². The van der Waals surface area contributed by atoms with Gasteiger partial charge in [0.1, 0.15) is 11.9 Å². The van der Waals surface area contributed by atoms with E-state index in [1.54, 1.807) is 30.9 Å². The molecular weight excluding hydrogens is 363 g/mol. The first-order valence-electron chi connectivity index (χ1n) is 8.48. The van der Waals surface area contributed by atoms with Crippen molar-refractivity contribution in [3.8, 4) is 24.0 Å². The second-order valence-electron chi connectivity index (χ2n) is 6.29. The number of halogens is 1. The number of terminal acetylenes is 1. The molecule has 0 atom stereocenters. The van der Waals surface area contributed by atoms with Gasteiger partial charge in [-0.2, -0.15) is 0 Å². The molecule has 1 aliphatic rings. The Morgan fingerprint density at radius 1 is 1.21 bits per heavy atom. The highest BCUT2D eigenvalue weighted by Gasteiger charge is 2.33. The van der Waals surface area contributed by atoms with E-state index in [0.717, 1.165) is 16.7 Å². The summed E-state index contributed by atoms with van der Waals surface area (Å²) in [5.41, 5.74) is 2.99. The third-order valence-electron chi connectivity index (χ3n) is 4.06. The standard InChI is InChI=1S/C17H16FNO3.C2H7N.C2H2O/c1-9-6-14(20)16(21)15-12(9)8-19(17(15)22)7-11-3-4-13(18)10(2)5-11;1-3-2;1-2-3/h3-6,20-21H,7-8H2,1-2H3;3H,1-2H3;1,3H. The number of carbonyl (C=O) groups is 1. The number of aliphatic hydroxyl groups excluding tert-OH is 1. The predicted molar refractivity (Wildman–Crippen MR) is 105 cm³/mol. The first-order valence-corrected chi connectivity index (χ1v) is 8.48. The Hall–Kier alpha value is -3.24. The van der Waals surface area contributed by atoms with E-state index in [0.29, 0.717) is 18.7 Å². The first-order chi connectivity index (χ1) is 13.2. The van der Waals surface area contributed by atoms with Crippen molar-refractivity contribution in [2.75, 3.05) is 14.1 Å². The Balaban J connectivity index is 0.000000582. The minimum Gasteiger partial charge on any atom is -0.504 e. The van der Waals surface area contributed by atoms with Crippen molar-refractivity contribution in [3.05, 3.63) is 57.9 Å². The zero-order valence-corrected chi connectivity index (χ0v) is 16.4. The van der Waals surface area contributed by atoms with Gasteiger partial charge >= 0.3 is 0 Å². The molecule has 28 heavy (non-hydrogen) atoms. The van der Waals surface area contributed by atoms with Gasteiger partial charge in [-0.1, -0.05) is 18.6 Å². The molecule has 1 amide bonds.